The maximum atomic E-state index is 4.13. The molecule has 0 heterocycles. The molecule has 4 nitrogen and oxygen atoms in total. The molecule has 1 aromatic carbocycles. The molecule has 0 fully saturated rings. The molecule has 1 aromatic rings. The first-order valence-corrected chi connectivity index (χ1v) is 6.49. The average molecular weight is 388 g/mol. The van der Waals surface area contributed by atoms with Crippen molar-refractivity contribution < 1.29 is 0 Å². The van der Waals surface area contributed by atoms with E-state index in [-0.39, 0.29) is 24.0 Å². The van der Waals surface area contributed by atoms with Crippen LogP contribution in [0.15, 0.2) is 41.9 Å². The fourth-order valence-corrected chi connectivity index (χ4v) is 1.68. The van der Waals surface area contributed by atoms with Gasteiger partial charge in [-0.3, -0.25) is 4.99 Å². The molecular formula is C15H25IN4. The maximum Gasteiger partial charge on any atom is 0.191 e. The largest absolute Gasteiger partial charge is 0.378 e. The number of guanidine groups is 1. The van der Waals surface area contributed by atoms with Gasteiger partial charge < -0.3 is 15.5 Å². The highest BCUT2D eigenvalue weighted by molar-refractivity contribution is 14.0. The molecule has 1 rings (SSSR count). The molecule has 112 valence electrons. The second kappa shape index (κ2) is 10.5. The molecule has 0 radical (unpaired) electrons. The van der Waals surface area contributed by atoms with Crippen molar-refractivity contribution in [1.82, 2.24) is 10.6 Å². The van der Waals surface area contributed by atoms with Crippen LogP contribution in [0.4, 0.5) is 5.69 Å². The van der Waals surface area contributed by atoms with Gasteiger partial charge in [-0.05, 0) is 24.1 Å². The summed E-state index contributed by atoms with van der Waals surface area (Å²) in [5, 5.41) is 6.41. The lowest BCUT2D eigenvalue weighted by Gasteiger charge is -2.13. The molecule has 0 saturated carbocycles. The topological polar surface area (TPSA) is 39.7 Å². The first kappa shape index (κ1) is 18.8. The Balaban J connectivity index is 0.00000361. The number of aliphatic imine (C=N–C) groups is 1. The number of nitrogens with one attached hydrogen (secondary N) is 2. The Morgan fingerprint density at radius 1 is 1.25 bits per heavy atom. The Morgan fingerprint density at radius 2 is 1.90 bits per heavy atom. The zero-order valence-electron chi connectivity index (χ0n) is 12.5. The van der Waals surface area contributed by atoms with Crippen molar-refractivity contribution in [3.8, 4) is 0 Å². The molecule has 0 amide bonds. The van der Waals surface area contributed by atoms with Gasteiger partial charge in [-0.1, -0.05) is 18.2 Å². The molecule has 0 bridgehead atoms. The third kappa shape index (κ3) is 6.79. The molecule has 0 saturated heterocycles. The van der Waals surface area contributed by atoms with Crippen LogP contribution in [0.2, 0.25) is 0 Å². The summed E-state index contributed by atoms with van der Waals surface area (Å²) in [6.45, 7) is 5.25. The minimum Gasteiger partial charge on any atom is -0.378 e. The minimum atomic E-state index is 0. The van der Waals surface area contributed by atoms with Crippen molar-refractivity contribution in [2.45, 2.75) is 6.42 Å². The summed E-state index contributed by atoms with van der Waals surface area (Å²) in [4.78, 5) is 6.23. The quantitative estimate of drug-likeness (QED) is 0.340. The van der Waals surface area contributed by atoms with Gasteiger partial charge in [0.1, 0.15) is 0 Å². The Hall–Kier alpha value is -1.24. The molecule has 0 atom stereocenters. The second-order valence-corrected chi connectivity index (χ2v) is 4.48. The monoisotopic (exact) mass is 388 g/mol. The first-order valence-electron chi connectivity index (χ1n) is 6.49. The van der Waals surface area contributed by atoms with E-state index in [0.29, 0.717) is 0 Å². The van der Waals surface area contributed by atoms with Crippen LogP contribution in [-0.4, -0.2) is 40.2 Å². The van der Waals surface area contributed by atoms with Gasteiger partial charge in [0.25, 0.3) is 0 Å². The van der Waals surface area contributed by atoms with E-state index in [1.807, 2.05) is 20.2 Å². The van der Waals surface area contributed by atoms with Gasteiger partial charge in [0, 0.05) is 39.9 Å². The number of halogens is 1. The van der Waals surface area contributed by atoms with E-state index in [0.717, 1.165) is 25.5 Å². The molecular weight excluding hydrogens is 363 g/mol. The van der Waals surface area contributed by atoms with E-state index in [1.165, 1.54) is 11.3 Å². The van der Waals surface area contributed by atoms with Crippen molar-refractivity contribution in [2.24, 2.45) is 4.99 Å². The maximum absolute atomic E-state index is 4.13. The van der Waals surface area contributed by atoms with E-state index >= 15 is 0 Å². The molecule has 2 N–H and O–H groups in total. The number of nitrogens with zero attached hydrogens (tertiary/aromatic N) is 2. The van der Waals surface area contributed by atoms with Crippen LogP contribution >= 0.6 is 24.0 Å². The number of benzene rings is 1. The molecule has 5 heteroatoms. The summed E-state index contributed by atoms with van der Waals surface area (Å²) in [7, 11) is 5.86. The van der Waals surface area contributed by atoms with Crippen molar-refractivity contribution in [2.75, 3.05) is 39.1 Å². The van der Waals surface area contributed by atoms with Gasteiger partial charge in [0.15, 0.2) is 5.96 Å². The molecule has 0 spiro atoms. The summed E-state index contributed by atoms with van der Waals surface area (Å²) in [5.41, 5.74) is 2.54. The zero-order chi connectivity index (χ0) is 14.1. The summed E-state index contributed by atoms with van der Waals surface area (Å²) < 4.78 is 0. The summed E-state index contributed by atoms with van der Waals surface area (Å²) in [6.07, 6.45) is 2.79. The van der Waals surface area contributed by atoms with E-state index < -0.39 is 0 Å². The molecule has 0 aliphatic rings. The smallest absolute Gasteiger partial charge is 0.191 e. The van der Waals surface area contributed by atoms with E-state index in [1.54, 1.807) is 7.05 Å². The molecule has 0 aliphatic carbocycles. The minimum absolute atomic E-state index is 0. The number of hydrogen-bond acceptors (Lipinski definition) is 2. The van der Waals surface area contributed by atoms with Crippen LogP contribution in [0, 0.1) is 0 Å². The average Bonchev–Trinajstić information content (AvgIpc) is 2.43. The van der Waals surface area contributed by atoms with Crippen LogP contribution in [0.5, 0.6) is 0 Å². The Morgan fingerprint density at radius 3 is 2.40 bits per heavy atom. The summed E-state index contributed by atoms with van der Waals surface area (Å²) in [5.74, 6) is 0.810. The van der Waals surface area contributed by atoms with Crippen LogP contribution in [0.1, 0.15) is 5.56 Å². The predicted molar refractivity (Wildman–Crippen MR) is 99.4 cm³/mol. The number of hydrogen-bond donors (Lipinski definition) is 2. The van der Waals surface area contributed by atoms with Crippen LogP contribution in [0.3, 0.4) is 0 Å². The highest BCUT2D eigenvalue weighted by Gasteiger charge is 1.98. The van der Waals surface area contributed by atoms with Crippen molar-refractivity contribution in [3.63, 3.8) is 0 Å². The summed E-state index contributed by atoms with van der Waals surface area (Å²) in [6, 6.07) is 8.61. The van der Waals surface area contributed by atoms with Crippen molar-refractivity contribution in [1.29, 1.82) is 0 Å². The molecule has 0 unspecified atom stereocenters. The molecule has 0 aromatic heterocycles. The standard InChI is InChI=1S/C15H24N4.HI/c1-5-11-17-15(16-2)18-12-10-13-6-8-14(9-7-13)19(3)4;/h5-9H,1,10-12H2,2-4H3,(H2,16,17,18);1H. The van der Waals surface area contributed by atoms with Crippen molar-refractivity contribution in [3.05, 3.63) is 42.5 Å². The SMILES string of the molecule is C=CCNC(=NC)NCCc1ccc(N(C)C)cc1.I. The fraction of sp³-hybridized carbons (Fsp3) is 0.400. The number of rotatable bonds is 6. The zero-order valence-corrected chi connectivity index (χ0v) is 14.8. The highest BCUT2D eigenvalue weighted by atomic mass is 127. The van der Waals surface area contributed by atoms with E-state index in [2.05, 4.69) is 51.4 Å². The third-order valence-electron chi connectivity index (χ3n) is 2.80. The Labute approximate surface area is 139 Å². The van der Waals surface area contributed by atoms with Gasteiger partial charge in [-0.2, -0.15) is 0 Å². The van der Waals surface area contributed by atoms with E-state index in [4.69, 9.17) is 0 Å². The van der Waals surface area contributed by atoms with Crippen LogP contribution in [-0.2, 0) is 6.42 Å². The van der Waals surface area contributed by atoms with Crippen LogP contribution < -0.4 is 15.5 Å². The third-order valence-corrected chi connectivity index (χ3v) is 2.80. The summed E-state index contributed by atoms with van der Waals surface area (Å²) >= 11 is 0. The molecule has 0 aliphatic heterocycles. The first-order chi connectivity index (χ1) is 9.17. The lowest BCUT2D eigenvalue weighted by Crippen LogP contribution is -2.38. The lowest BCUT2D eigenvalue weighted by atomic mass is 10.1. The Bertz CT molecular complexity index is 412. The van der Waals surface area contributed by atoms with Gasteiger partial charge in [0.05, 0.1) is 0 Å². The predicted octanol–water partition coefficient (Wildman–Crippen LogP) is 2.26. The van der Waals surface area contributed by atoms with Gasteiger partial charge in [0.2, 0.25) is 0 Å². The van der Waals surface area contributed by atoms with Gasteiger partial charge >= 0.3 is 0 Å². The highest BCUT2D eigenvalue weighted by Crippen LogP contribution is 2.12. The van der Waals surface area contributed by atoms with Gasteiger partial charge in [-0.25, -0.2) is 0 Å². The number of anilines is 1. The van der Waals surface area contributed by atoms with Crippen LogP contribution in [0.25, 0.3) is 0 Å². The normalized spacial score (nSPS) is 10.4. The molecule has 20 heavy (non-hydrogen) atoms. The van der Waals surface area contributed by atoms with E-state index in [9.17, 15) is 0 Å². The lowest BCUT2D eigenvalue weighted by molar-refractivity contribution is 0.821. The van der Waals surface area contributed by atoms with Gasteiger partial charge in [-0.15, -0.1) is 30.6 Å². The Kier molecular flexibility index (Phi) is 9.88. The fourth-order valence-electron chi connectivity index (χ4n) is 1.68. The van der Waals surface area contributed by atoms with Crippen molar-refractivity contribution >= 4 is 35.6 Å². The second-order valence-electron chi connectivity index (χ2n) is 4.48.